The molecule has 20 heavy (non-hydrogen) atoms. The van der Waals surface area contributed by atoms with Gasteiger partial charge in [-0.15, -0.1) is 0 Å². The normalized spacial score (nSPS) is 12.1. The number of hydrogen-bond donors (Lipinski definition) is 3. The summed E-state index contributed by atoms with van der Waals surface area (Å²) in [6.45, 7) is 5.89. The molecule has 1 rings (SSSR count). The summed E-state index contributed by atoms with van der Waals surface area (Å²) in [7, 11) is 1.56. The van der Waals surface area contributed by atoms with Crippen LogP contribution in [-0.4, -0.2) is 24.9 Å². The fraction of sp³-hybridized carbons (Fsp3) is 0.467. The maximum atomic E-state index is 12.2. The highest BCUT2D eigenvalue weighted by molar-refractivity contribution is 5.98. The molecule has 5 nitrogen and oxygen atoms in total. The van der Waals surface area contributed by atoms with Crippen LogP contribution in [0.2, 0.25) is 0 Å². The molecule has 1 aromatic rings. The van der Waals surface area contributed by atoms with Crippen LogP contribution >= 0.6 is 0 Å². The number of rotatable bonds is 5. The first-order valence-electron chi connectivity index (χ1n) is 6.73. The lowest BCUT2D eigenvalue weighted by atomic mass is 10.0. The second kappa shape index (κ2) is 6.93. The number of carbonyl (C=O) groups excluding carboxylic acids is 2. The van der Waals surface area contributed by atoms with Gasteiger partial charge >= 0.3 is 0 Å². The van der Waals surface area contributed by atoms with Crippen LogP contribution in [0.15, 0.2) is 18.2 Å². The zero-order valence-corrected chi connectivity index (χ0v) is 12.5. The van der Waals surface area contributed by atoms with Gasteiger partial charge in [-0.2, -0.15) is 0 Å². The van der Waals surface area contributed by atoms with E-state index in [1.54, 1.807) is 25.2 Å². The number of nitrogen functional groups attached to an aromatic ring is 1. The Hall–Kier alpha value is -2.04. The Labute approximate surface area is 119 Å². The predicted molar refractivity (Wildman–Crippen MR) is 80.4 cm³/mol. The van der Waals surface area contributed by atoms with Crippen molar-refractivity contribution < 1.29 is 9.59 Å². The number of benzene rings is 1. The number of hydrogen-bond acceptors (Lipinski definition) is 3. The third kappa shape index (κ3) is 4.26. The molecule has 1 unspecified atom stereocenters. The molecule has 4 N–H and O–H groups in total. The second-order valence-electron chi connectivity index (χ2n) is 5.34. The third-order valence-corrected chi connectivity index (χ3v) is 3.12. The molecule has 5 heteroatoms. The SMILES string of the molecule is CNC(=O)C(CC(C)C)NC(=O)c1ccc(C)c(N)c1. The Balaban J connectivity index is 2.84. The van der Waals surface area contributed by atoms with Crippen molar-refractivity contribution in [3.63, 3.8) is 0 Å². The Morgan fingerprint density at radius 3 is 2.45 bits per heavy atom. The minimum atomic E-state index is -0.532. The summed E-state index contributed by atoms with van der Waals surface area (Å²) >= 11 is 0. The van der Waals surface area contributed by atoms with E-state index in [4.69, 9.17) is 5.73 Å². The monoisotopic (exact) mass is 277 g/mol. The molecule has 0 heterocycles. The molecule has 0 radical (unpaired) electrons. The van der Waals surface area contributed by atoms with E-state index in [1.807, 2.05) is 20.8 Å². The first-order chi connectivity index (χ1) is 9.35. The average molecular weight is 277 g/mol. The standard InChI is InChI=1S/C15H23N3O2/c1-9(2)7-13(15(20)17-4)18-14(19)11-6-5-10(3)12(16)8-11/h5-6,8-9,13H,7,16H2,1-4H3,(H,17,20)(H,18,19). The summed E-state index contributed by atoms with van der Waals surface area (Å²) in [6.07, 6.45) is 0.590. The molecule has 0 aromatic heterocycles. The lowest BCUT2D eigenvalue weighted by Gasteiger charge is -2.19. The number of anilines is 1. The summed E-state index contributed by atoms with van der Waals surface area (Å²) in [5.74, 6) is -0.168. The van der Waals surface area contributed by atoms with Gasteiger partial charge in [-0.1, -0.05) is 19.9 Å². The number of likely N-dealkylation sites (N-methyl/N-ethyl adjacent to an activating group) is 1. The number of amides is 2. The van der Waals surface area contributed by atoms with Gasteiger partial charge in [0.2, 0.25) is 5.91 Å². The molecular weight excluding hydrogens is 254 g/mol. The molecule has 1 aromatic carbocycles. The van der Waals surface area contributed by atoms with Crippen LogP contribution in [0, 0.1) is 12.8 Å². The van der Waals surface area contributed by atoms with Crippen molar-refractivity contribution >= 4 is 17.5 Å². The molecule has 2 amide bonds. The van der Waals surface area contributed by atoms with E-state index in [2.05, 4.69) is 10.6 Å². The van der Waals surface area contributed by atoms with Crippen LogP contribution in [0.25, 0.3) is 0 Å². The summed E-state index contributed by atoms with van der Waals surface area (Å²) in [6, 6.07) is 4.59. The number of carbonyl (C=O) groups is 2. The van der Waals surface area contributed by atoms with Crippen LogP contribution in [0.3, 0.4) is 0 Å². The van der Waals surface area contributed by atoms with Crippen LogP contribution < -0.4 is 16.4 Å². The molecule has 0 saturated carbocycles. The molecule has 1 atom stereocenters. The van der Waals surface area contributed by atoms with Gasteiger partial charge in [0.1, 0.15) is 6.04 Å². The molecular formula is C15H23N3O2. The quantitative estimate of drug-likeness (QED) is 0.713. The maximum absolute atomic E-state index is 12.2. The number of aryl methyl sites for hydroxylation is 1. The van der Waals surface area contributed by atoms with Gasteiger partial charge in [0.05, 0.1) is 0 Å². The zero-order valence-electron chi connectivity index (χ0n) is 12.5. The smallest absolute Gasteiger partial charge is 0.252 e. The van der Waals surface area contributed by atoms with Gasteiger partial charge in [-0.25, -0.2) is 0 Å². The van der Waals surface area contributed by atoms with Crippen LogP contribution in [0.5, 0.6) is 0 Å². The van der Waals surface area contributed by atoms with Crippen molar-refractivity contribution in [3.05, 3.63) is 29.3 Å². The Morgan fingerprint density at radius 1 is 1.30 bits per heavy atom. The van der Waals surface area contributed by atoms with Crippen LogP contribution in [-0.2, 0) is 4.79 Å². The van der Waals surface area contributed by atoms with E-state index >= 15 is 0 Å². The molecule has 110 valence electrons. The van der Waals surface area contributed by atoms with Gasteiger partial charge in [-0.05, 0) is 37.0 Å². The largest absolute Gasteiger partial charge is 0.398 e. The lowest BCUT2D eigenvalue weighted by Crippen LogP contribution is -2.46. The van der Waals surface area contributed by atoms with Crippen LogP contribution in [0.1, 0.15) is 36.2 Å². The van der Waals surface area contributed by atoms with Gasteiger partial charge in [0.25, 0.3) is 5.91 Å². The lowest BCUT2D eigenvalue weighted by molar-refractivity contribution is -0.122. The highest BCUT2D eigenvalue weighted by atomic mass is 16.2. The van der Waals surface area contributed by atoms with Crippen molar-refractivity contribution in [1.82, 2.24) is 10.6 Å². The van der Waals surface area contributed by atoms with E-state index in [0.29, 0.717) is 23.6 Å². The van der Waals surface area contributed by atoms with Crippen molar-refractivity contribution in [2.24, 2.45) is 5.92 Å². The van der Waals surface area contributed by atoms with Gasteiger partial charge in [0.15, 0.2) is 0 Å². The minimum Gasteiger partial charge on any atom is -0.398 e. The second-order valence-corrected chi connectivity index (χ2v) is 5.34. The van der Waals surface area contributed by atoms with Gasteiger partial charge < -0.3 is 16.4 Å². The summed E-state index contributed by atoms with van der Waals surface area (Å²) < 4.78 is 0. The number of nitrogens with two attached hydrogens (primary N) is 1. The average Bonchev–Trinajstić information content (AvgIpc) is 2.39. The molecule has 0 spiro atoms. The highest BCUT2D eigenvalue weighted by Crippen LogP contribution is 2.13. The van der Waals surface area contributed by atoms with E-state index in [-0.39, 0.29) is 11.8 Å². The molecule has 0 aliphatic rings. The van der Waals surface area contributed by atoms with Gasteiger partial charge in [0, 0.05) is 18.3 Å². The van der Waals surface area contributed by atoms with E-state index < -0.39 is 6.04 Å². The fourth-order valence-electron chi connectivity index (χ4n) is 1.90. The predicted octanol–water partition coefficient (Wildman–Crippen LogP) is 1.47. The highest BCUT2D eigenvalue weighted by Gasteiger charge is 2.21. The maximum Gasteiger partial charge on any atom is 0.252 e. The summed E-state index contributed by atoms with van der Waals surface area (Å²) in [4.78, 5) is 24.0. The van der Waals surface area contributed by atoms with Crippen molar-refractivity contribution in [2.45, 2.75) is 33.2 Å². The Bertz CT molecular complexity index is 498. The topological polar surface area (TPSA) is 84.2 Å². The Morgan fingerprint density at radius 2 is 1.95 bits per heavy atom. The van der Waals surface area contributed by atoms with Gasteiger partial charge in [-0.3, -0.25) is 9.59 Å². The number of nitrogens with one attached hydrogen (secondary N) is 2. The fourth-order valence-corrected chi connectivity index (χ4v) is 1.90. The van der Waals surface area contributed by atoms with Crippen molar-refractivity contribution in [2.75, 3.05) is 12.8 Å². The zero-order chi connectivity index (χ0) is 15.3. The summed E-state index contributed by atoms with van der Waals surface area (Å²) in [5.41, 5.74) is 7.75. The molecule has 0 saturated heterocycles. The first kappa shape index (κ1) is 16.0. The minimum absolute atomic E-state index is 0.188. The van der Waals surface area contributed by atoms with Crippen molar-refractivity contribution in [3.8, 4) is 0 Å². The molecule has 0 aliphatic heterocycles. The van der Waals surface area contributed by atoms with E-state index in [0.717, 1.165) is 5.56 Å². The molecule has 0 aliphatic carbocycles. The van der Waals surface area contributed by atoms with Crippen LogP contribution in [0.4, 0.5) is 5.69 Å². The summed E-state index contributed by atoms with van der Waals surface area (Å²) in [5, 5.41) is 5.32. The molecule has 0 fully saturated rings. The molecule has 0 bridgehead atoms. The van der Waals surface area contributed by atoms with Crippen molar-refractivity contribution in [1.29, 1.82) is 0 Å². The Kier molecular flexibility index (Phi) is 5.55. The van der Waals surface area contributed by atoms with E-state index in [1.165, 1.54) is 0 Å². The van der Waals surface area contributed by atoms with E-state index in [9.17, 15) is 9.59 Å². The first-order valence-corrected chi connectivity index (χ1v) is 6.73. The third-order valence-electron chi connectivity index (χ3n) is 3.12.